The molecule has 3 heteroatoms. The molecule has 1 aromatic rings. The predicted octanol–water partition coefficient (Wildman–Crippen LogP) is 2.31. The highest BCUT2D eigenvalue weighted by atomic mass is 15.2. The normalized spacial score (nSPS) is 16.6. The molecule has 88 valence electrons. The lowest BCUT2D eigenvalue weighted by Gasteiger charge is -2.29. The third kappa shape index (κ3) is 2.35. The lowest BCUT2D eigenvalue weighted by molar-refractivity contribution is 0.613. The van der Waals surface area contributed by atoms with Crippen molar-refractivity contribution in [3.05, 3.63) is 23.9 Å². The van der Waals surface area contributed by atoms with Gasteiger partial charge in [0.25, 0.3) is 0 Å². The number of rotatable bonds is 4. The van der Waals surface area contributed by atoms with E-state index in [0.29, 0.717) is 12.6 Å². The highest BCUT2D eigenvalue weighted by Gasteiger charge is 2.22. The van der Waals surface area contributed by atoms with Crippen molar-refractivity contribution in [1.29, 1.82) is 0 Å². The Bertz CT molecular complexity index is 332. The van der Waals surface area contributed by atoms with Gasteiger partial charge in [0, 0.05) is 25.3 Å². The molecule has 0 aliphatic heterocycles. The van der Waals surface area contributed by atoms with Gasteiger partial charge in [-0.15, -0.1) is 0 Å². The van der Waals surface area contributed by atoms with Crippen LogP contribution in [0.2, 0.25) is 0 Å². The summed E-state index contributed by atoms with van der Waals surface area (Å²) in [5, 5.41) is 0. The fourth-order valence-electron chi connectivity index (χ4n) is 2.57. The molecule has 1 aromatic heterocycles. The van der Waals surface area contributed by atoms with E-state index in [1.807, 2.05) is 12.3 Å². The molecule has 0 unspecified atom stereocenters. The van der Waals surface area contributed by atoms with Gasteiger partial charge in [-0.2, -0.15) is 0 Å². The van der Waals surface area contributed by atoms with E-state index in [1.54, 1.807) is 0 Å². The molecule has 2 rings (SSSR count). The molecule has 1 heterocycles. The van der Waals surface area contributed by atoms with Gasteiger partial charge in [-0.05, 0) is 37.5 Å². The summed E-state index contributed by atoms with van der Waals surface area (Å²) in [5.41, 5.74) is 6.84. The molecule has 1 aliphatic rings. The van der Waals surface area contributed by atoms with Crippen molar-refractivity contribution < 1.29 is 0 Å². The standard InChI is InChI=1S/C13H21N3/c1-2-16(12-5-3-4-6-12)13-9-11(10-14)7-8-15-13/h7-9,12H,2-6,10,14H2,1H3. The van der Waals surface area contributed by atoms with Crippen molar-refractivity contribution >= 4 is 5.82 Å². The van der Waals surface area contributed by atoms with Gasteiger partial charge >= 0.3 is 0 Å². The summed E-state index contributed by atoms with van der Waals surface area (Å²) in [6.45, 7) is 3.83. The molecule has 0 amide bonds. The van der Waals surface area contributed by atoms with E-state index in [1.165, 1.54) is 31.2 Å². The van der Waals surface area contributed by atoms with Gasteiger partial charge in [0.05, 0.1) is 0 Å². The first-order valence-corrected chi connectivity index (χ1v) is 6.26. The molecule has 1 fully saturated rings. The minimum Gasteiger partial charge on any atom is -0.354 e. The first-order chi connectivity index (χ1) is 7.85. The zero-order valence-electron chi connectivity index (χ0n) is 10.0. The smallest absolute Gasteiger partial charge is 0.129 e. The van der Waals surface area contributed by atoms with Crippen molar-refractivity contribution in [2.75, 3.05) is 11.4 Å². The third-order valence-corrected chi connectivity index (χ3v) is 3.45. The van der Waals surface area contributed by atoms with Crippen LogP contribution >= 0.6 is 0 Å². The Labute approximate surface area is 97.7 Å². The predicted molar refractivity (Wildman–Crippen MR) is 67.4 cm³/mol. The topological polar surface area (TPSA) is 42.1 Å². The Morgan fingerprint density at radius 2 is 2.19 bits per heavy atom. The summed E-state index contributed by atoms with van der Waals surface area (Å²) in [7, 11) is 0. The number of pyridine rings is 1. The fourth-order valence-corrected chi connectivity index (χ4v) is 2.57. The molecule has 0 spiro atoms. The van der Waals surface area contributed by atoms with Crippen LogP contribution in [0.25, 0.3) is 0 Å². The number of hydrogen-bond donors (Lipinski definition) is 1. The van der Waals surface area contributed by atoms with Crippen LogP contribution in [0.1, 0.15) is 38.2 Å². The Morgan fingerprint density at radius 1 is 1.44 bits per heavy atom. The Morgan fingerprint density at radius 3 is 2.81 bits per heavy atom. The van der Waals surface area contributed by atoms with E-state index >= 15 is 0 Å². The Balaban J connectivity index is 2.18. The van der Waals surface area contributed by atoms with E-state index in [-0.39, 0.29) is 0 Å². The molecule has 2 N–H and O–H groups in total. The largest absolute Gasteiger partial charge is 0.354 e. The Kier molecular flexibility index (Phi) is 3.78. The van der Waals surface area contributed by atoms with Gasteiger partial charge in [-0.25, -0.2) is 4.98 Å². The van der Waals surface area contributed by atoms with Crippen molar-refractivity contribution in [1.82, 2.24) is 4.98 Å². The van der Waals surface area contributed by atoms with Crippen LogP contribution in [-0.2, 0) is 6.54 Å². The zero-order valence-corrected chi connectivity index (χ0v) is 10.0. The molecule has 3 nitrogen and oxygen atoms in total. The molecule has 0 atom stereocenters. The molecule has 1 saturated carbocycles. The summed E-state index contributed by atoms with van der Waals surface area (Å²) in [6, 6.07) is 4.80. The van der Waals surface area contributed by atoms with E-state index in [2.05, 4.69) is 22.9 Å². The van der Waals surface area contributed by atoms with Crippen LogP contribution in [0.3, 0.4) is 0 Å². The van der Waals surface area contributed by atoms with Crippen molar-refractivity contribution in [3.63, 3.8) is 0 Å². The molecular formula is C13H21N3. The van der Waals surface area contributed by atoms with Crippen LogP contribution < -0.4 is 10.6 Å². The van der Waals surface area contributed by atoms with Gasteiger partial charge in [0.1, 0.15) is 5.82 Å². The second-order valence-corrected chi connectivity index (χ2v) is 4.45. The van der Waals surface area contributed by atoms with Crippen molar-refractivity contribution in [2.45, 2.75) is 45.2 Å². The molecule has 0 saturated heterocycles. The number of nitrogens with zero attached hydrogens (tertiary/aromatic N) is 2. The molecular weight excluding hydrogens is 198 g/mol. The van der Waals surface area contributed by atoms with Crippen LogP contribution in [-0.4, -0.2) is 17.6 Å². The summed E-state index contributed by atoms with van der Waals surface area (Å²) in [5.74, 6) is 1.09. The van der Waals surface area contributed by atoms with Crippen molar-refractivity contribution in [3.8, 4) is 0 Å². The highest BCUT2D eigenvalue weighted by Crippen LogP contribution is 2.27. The average molecular weight is 219 g/mol. The van der Waals surface area contributed by atoms with Crippen LogP contribution in [0.15, 0.2) is 18.3 Å². The van der Waals surface area contributed by atoms with Crippen LogP contribution in [0.5, 0.6) is 0 Å². The van der Waals surface area contributed by atoms with E-state index in [9.17, 15) is 0 Å². The number of anilines is 1. The average Bonchev–Trinajstić information content (AvgIpc) is 2.84. The maximum atomic E-state index is 5.67. The van der Waals surface area contributed by atoms with E-state index in [4.69, 9.17) is 5.73 Å². The Hall–Kier alpha value is -1.09. The quantitative estimate of drug-likeness (QED) is 0.845. The first kappa shape index (κ1) is 11.4. The van der Waals surface area contributed by atoms with Gasteiger partial charge in [0.2, 0.25) is 0 Å². The number of aromatic nitrogens is 1. The lowest BCUT2D eigenvalue weighted by Crippen LogP contribution is -2.33. The minimum atomic E-state index is 0.595. The summed E-state index contributed by atoms with van der Waals surface area (Å²) < 4.78 is 0. The van der Waals surface area contributed by atoms with Gasteiger partial charge in [-0.1, -0.05) is 12.8 Å². The third-order valence-electron chi connectivity index (χ3n) is 3.45. The maximum Gasteiger partial charge on any atom is 0.129 e. The summed E-state index contributed by atoms with van der Waals surface area (Å²) in [4.78, 5) is 6.90. The van der Waals surface area contributed by atoms with E-state index < -0.39 is 0 Å². The minimum absolute atomic E-state index is 0.595. The zero-order chi connectivity index (χ0) is 11.4. The molecule has 0 bridgehead atoms. The molecule has 16 heavy (non-hydrogen) atoms. The summed E-state index contributed by atoms with van der Waals surface area (Å²) >= 11 is 0. The lowest BCUT2D eigenvalue weighted by atomic mass is 10.2. The van der Waals surface area contributed by atoms with Gasteiger partial charge < -0.3 is 10.6 Å². The van der Waals surface area contributed by atoms with Crippen LogP contribution in [0.4, 0.5) is 5.82 Å². The van der Waals surface area contributed by atoms with Crippen molar-refractivity contribution in [2.24, 2.45) is 5.73 Å². The second-order valence-electron chi connectivity index (χ2n) is 4.45. The second kappa shape index (κ2) is 5.30. The SMILES string of the molecule is CCN(c1cc(CN)ccn1)C1CCCC1. The number of nitrogens with two attached hydrogens (primary N) is 1. The highest BCUT2D eigenvalue weighted by molar-refractivity contribution is 5.42. The van der Waals surface area contributed by atoms with Gasteiger partial charge in [-0.3, -0.25) is 0 Å². The monoisotopic (exact) mass is 219 g/mol. The van der Waals surface area contributed by atoms with Crippen LogP contribution in [0, 0.1) is 0 Å². The van der Waals surface area contributed by atoms with Gasteiger partial charge in [0.15, 0.2) is 0 Å². The first-order valence-electron chi connectivity index (χ1n) is 6.26. The molecule has 1 aliphatic carbocycles. The molecule has 0 aromatic carbocycles. The fraction of sp³-hybridized carbons (Fsp3) is 0.615. The maximum absolute atomic E-state index is 5.67. The van der Waals surface area contributed by atoms with E-state index in [0.717, 1.165) is 12.4 Å². The summed E-state index contributed by atoms with van der Waals surface area (Å²) in [6.07, 6.45) is 7.20. The number of hydrogen-bond acceptors (Lipinski definition) is 3. The molecule has 0 radical (unpaired) electrons.